The minimum Gasteiger partial charge on any atom is -0.480 e. The van der Waals surface area contributed by atoms with Gasteiger partial charge in [-0.3, -0.25) is 14.5 Å². The number of carboxylic acid groups (broad SMARTS) is 1. The van der Waals surface area contributed by atoms with Crippen molar-refractivity contribution >= 4 is 29.7 Å². The molecule has 3 amide bonds. The summed E-state index contributed by atoms with van der Waals surface area (Å²) in [5, 5.41) is 20.1. The van der Waals surface area contributed by atoms with Crippen molar-refractivity contribution in [2.24, 2.45) is 11.6 Å². The van der Waals surface area contributed by atoms with Crippen molar-refractivity contribution in [2.45, 2.75) is 71.1 Å². The Morgan fingerprint density at radius 3 is 2.24 bits per heavy atom. The van der Waals surface area contributed by atoms with E-state index in [0.717, 1.165) is 6.20 Å². The fourth-order valence-electron chi connectivity index (χ4n) is 2.84. The molecule has 0 aliphatic rings. The highest BCUT2D eigenvalue weighted by molar-refractivity contribution is 6.07. The van der Waals surface area contributed by atoms with Gasteiger partial charge in [-0.15, -0.1) is 0 Å². The van der Waals surface area contributed by atoms with Crippen LogP contribution in [0.15, 0.2) is 18.3 Å². The average Bonchev–Trinajstić information content (AvgIpc) is 2.72. The Kier molecular flexibility index (Phi) is 10.4. The van der Waals surface area contributed by atoms with Gasteiger partial charge >= 0.3 is 12.1 Å². The number of hydrogen-bond acceptors (Lipinski definition) is 9. The number of ether oxygens (including phenoxy) is 1. The van der Waals surface area contributed by atoms with Crippen molar-refractivity contribution in [3.05, 3.63) is 23.9 Å². The number of hydrazine groups is 1. The van der Waals surface area contributed by atoms with Gasteiger partial charge in [0.1, 0.15) is 5.60 Å². The fourth-order valence-corrected chi connectivity index (χ4v) is 2.84. The maximum Gasteiger partial charge on any atom is 0.430 e. The summed E-state index contributed by atoms with van der Waals surface area (Å²) in [5.74, 6) is 2.45. The first kappa shape index (κ1) is 27.9. The number of aliphatic carboxylic acids is 1. The van der Waals surface area contributed by atoms with Crippen molar-refractivity contribution in [2.75, 3.05) is 11.6 Å². The molecule has 0 aliphatic carbocycles. The summed E-state index contributed by atoms with van der Waals surface area (Å²) in [6, 6.07) is 0.705. The molecule has 184 valence electrons. The molecule has 12 heteroatoms. The number of aliphatic hydroxyl groups is 1. The van der Waals surface area contributed by atoms with Gasteiger partial charge < -0.3 is 20.7 Å². The lowest BCUT2D eigenvalue weighted by molar-refractivity contribution is -0.152. The molecule has 6 N–H and O–H groups in total. The zero-order valence-electron chi connectivity index (χ0n) is 19.4. The molecular formula is C21H33N5O7. The van der Waals surface area contributed by atoms with Gasteiger partial charge in [-0.2, -0.15) is 5.01 Å². The molecule has 0 saturated carbocycles. The number of hydrogen-bond donors (Lipinski definition) is 4. The van der Waals surface area contributed by atoms with Crippen LogP contribution in [0.25, 0.3) is 0 Å². The van der Waals surface area contributed by atoms with Crippen LogP contribution in [0.5, 0.6) is 0 Å². The van der Waals surface area contributed by atoms with Gasteiger partial charge in [0.2, 0.25) is 5.91 Å². The molecule has 0 radical (unpaired) electrons. The third-order valence-corrected chi connectivity index (χ3v) is 4.40. The first-order valence-corrected chi connectivity index (χ1v) is 10.5. The number of amides is 3. The number of anilines is 1. The minimum absolute atomic E-state index is 0.0363. The van der Waals surface area contributed by atoms with Crippen LogP contribution in [0.2, 0.25) is 0 Å². The largest absolute Gasteiger partial charge is 0.480 e. The molecule has 0 spiro atoms. The molecule has 12 nitrogen and oxygen atoms in total. The van der Waals surface area contributed by atoms with E-state index in [-0.39, 0.29) is 17.8 Å². The van der Waals surface area contributed by atoms with Gasteiger partial charge in [-0.25, -0.2) is 20.4 Å². The molecule has 0 aliphatic heterocycles. The zero-order valence-corrected chi connectivity index (χ0v) is 19.4. The number of aliphatic hydroxyl groups excluding tert-OH is 1. The first-order chi connectivity index (χ1) is 15.3. The van der Waals surface area contributed by atoms with Crippen LogP contribution in [0, 0.1) is 0 Å². The summed E-state index contributed by atoms with van der Waals surface area (Å²) in [4.78, 5) is 54.1. The predicted molar refractivity (Wildman–Crippen MR) is 119 cm³/mol. The fraction of sp³-hybridized carbons (Fsp3) is 0.571. The maximum absolute atomic E-state index is 13.1. The zero-order chi connectivity index (χ0) is 25.3. The highest BCUT2D eigenvalue weighted by atomic mass is 16.6. The molecule has 0 aromatic carbocycles. The van der Waals surface area contributed by atoms with Gasteiger partial charge in [-0.1, -0.05) is 6.42 Å². The molecule has 2 atom stereocenters. The molecule has 0 saturated heterocycles. The maximum atomic E-state index is 13.1. The number of nitrogens with two attached hydrogens (primary N) is 2. The summed E-state index contributed by atoms with van der Waals surface area (Å²) in [5.41, 5.74) is 4.52. The van der Waals surface area contributed by atoms with Crippen molar-refractivity contribution in [3.63, 3.8) is 0 Å². The Bertz CT molecular complexity index is 836. The molecule has 1 aromatic heterocycles. The number of rotatable bonds is 10. The third-order valence-electron chi connectivity index (χ3n) is 4.40. The highest BCUT2D eigenvalue weighted by Crippen LogP contribution is 2.18. The van der Waals surface area contributed by atoms with E-state index in [2.05, 4.69) is 4.98 Å². The van der Waals surface area contributed by atoms with E-state index in [0.29, 0.717) is 35.7 Å². The van der Waals surface area contributed by atoms with Gasteiger partial charge in [0.15, 0.2) is 11.9 Å². The Morgan fingerprint density at radius 1 is 1.15 bits per heavy atom. The second-order valence-corrected chi connectivity index (χ2v) is 8.45. The van der Waals surface area contributed by atoms with E-state index in [9.17, 15) is 29.4 Å². The number of carbonyl (C=O) groups excluding carboxylic acids is 3. The summed E-state index contributed by atoms with van der Waals surface area (Å²) in [7, 11) is 0. The average molecular weight is 468 g/mol. The van der Waals surface area contributed by atoms with E-state index in [1.54, 1.807) is 20.8 Å². The summed E-state index contributed by atoms with van der Waals surface area (Å²) >= 11 is 0. The third kappa shape index (κ3) is 8.40. The van der Waals surface area contributed by atoms with E-state index in [4.69, 9.17) is 16.3 Å². The van der Waals surface area contributed by atoms with Crippen molar-refractivity contribution in [1.82, 2.24) is 9.88 Å². The van der Waals surface area contributed by atoms with E-state index < -0.39 is 41.6 Å². The molecule has 33 heavy (non-hydrogen) atoms. The number of unbranched alkanes of at least 4 members (excludes halogenated alkanes) is 2. The molecule has 1 heterocycles. The lowest BCUT2D eigenvalue weighted by Crippen LogP contribution is -2.53. The lowest BCUT2D eigenvalue weighted by Gasteiger charge is -2.29. The van der Waals surface area contributed by atoms with Crippen LogP contribution in [0.3, 0.4) is 0 Å². The van der Waals surface area contributed by atoms with Gasteiger partial charge in [0, 0.05) is 12.6 Å². The Morgan fingerprint density at radius 2 is 1.79 bits per heavy atom. The lowest BCUT2D eigenvalue weighted by atomic mass is 10.1. The van der Waals surface area contributed by atoms with Gasteiger partial charge in [-0.05, 0) is 59.2 Å². The Hall–Kier alpha value is -3.09. The summed E-state index contributed by atoms with van der Waals surface area (Å²) < 4.78 is 5.14. The monoisotopic (exact) mass is 467 g/mol. The Balaban J connectivity index is 3.15. The first-order valence-electron chi connectivity index (χ1n) is 10.5. The standard InChI is InChI=1S/C21H33N5O7/c1-13(27)17(19(30)31)25(16(28)8-6-5-7-11-22)18(29)14-9-10-15(24-12-14)26(23)20(32)33-21(2,3)4/h9-10,12-13,17,27H,5-8,11,22-23H2,1-4H3,(H,30,31)/t13-,17+/m1/s1. The Labute approximate surface area is 192 Å². The van der Waals surface area contributed by atoms with E-state index >= 15 is 0 Å². The smallest absolute Gasteiger partial charge is 0.430 e. The molecule has 0 fully saturated rings. The number of carboxylic acids is 1. The van der Waals surface area contributed by atoms with Crippen LogP contribution < -0.4 is 16.6 Å². The second kappa shape index (κ2) is 12.2. The van der Waals surface area contributed by atoms with Gasteiger partial charge in [0.05, 0.1) is 11.7 Å². The summed E-state index contributed by atoms with van der Waals surface area (Å²) in [6.45, 7) is 6.61. The SMILES string of the molecule is C[C@@H](O)[C@@H](C(=O)O)N(C(=O)CCCCCN)C(=O)c1ccc(N(N)C(=O)OC(C)(C)C)nc1. The number of pyridine rings is 1. The minimum atomic E-state index is -1.79. The van der Waals surface area contributed by atoms with Crippen LogP contribution in [-0.4, -0.2) is 68.3 Å². The van der Waals surface area contributed by atoms with Crippen LogP contribution >= 0.6 is 0 Å². The van der Waals surface area contributed by atoms with E-state index in [1.165, 1.54) is 19.1 Å². The molecular weight excluding hydrogens is 434 g/mol. The van der Waals surface area contributed by atoms with Crippen molar-refractivity contribution in [1.29, 1.82) is 0 Å². The molecule has 1 aromatic rings. The normalized spacial score (nSPS) is 13.1. The second-order valence-electron chi connectivity index (χ2n) is 8.45. The quantitative estimate of drug-likeness (QED) is 0.167. The predicted octanol–water partition coefficient (Wildman–Crippen LogP) is 1.02. The van der Waals surface area contributed by atoms with Crippen molar-refractivity contribution < 1.29 is 34.1 Å². The van der Waals surface area contributed by atoms with Crippen LogP contribution in [0.1, 0.15) is 63.7 Å². The van der Waals surface area contributed by atoms with Gasteiger partial charge in [0.25, 0.3) is 5.91 Å². The number of aromatic nitrogens is 1. The number of nitrogens with zero attached hydrogens (tertiary/aromatic N) is 3. The highest BCUT2D eigenvalue weighted by Gasteiger charge is 2.38. The number of carbonyl (C=O) groups is 4. The molecule has 1 rings (SSSR count). The summed E-state index contributed by atoms with van der Waals surface area (Å²) in [6.07, 6.45) is 0.284. The molecule has 0 unspecified atom stereocenters. The topological polar surface area (TPSA) is 189 Å². The number of imide groups is 1. The van der Waals surface area contributed by atoms with Crippen molar-refractivity contribution in [3.8, 4) is 0 Å². The van der Waals surface area contributed by atoms with E-state index in [1.807, 2.05) is 0 Å². The molecule has 0 bridgehead atoms. The van der Waals surface area contributed by atoms with Crippen LogP contribution in [0.4, 0.5) is 10.6 Å². The van der Waals surface area contributed by atoms with Crippen LogP contribution in [-0.2, 0) is 14.3 Å².